The van der Waals surface area contributed by atoms with Gasteiger partial charge in [0.05, 0.1) is 11.6 Å². The van der Waals surface area contributed by atoms with Gasteiger partial charge in [-0.25, -0.2) is 4.98 Å². The molecule has 2 aromatic heterocycles. The molecule has 0 aliphatic rings. The number of hydrogen-bond acceptors (Lipinski definition) is 5. The number of hydrogen-bond donors (Lipinski definition) is 2. The lowest BCUT2D eigenvalue weighted by atomic mass is 10.1. The van der Waals surface area contributed by atoms with E-state index in [2.05, 4.69) is 23.1 Å². The highest BCUT2D eigenvalue weighted by molar-refractivity contribution is 7.10. The first-order valence-corrected chi connectivity index (χ1v) is 7.14. The van der Waals surface area contributed by atoms with Crippen LogP contribution in [-0.4, -0.2) is 23.1 Å². The number of aromatic nitrogens is 1. The zero-order chi connectivity index (χ0) is 14.7. The molecule has 3 N–H and O–H groups in total. The summed E-state index contributed by atoms with van der Waals surface area (Å²) in [5.74, 6) is 0.789. The number of anilines is 1. The molecule has 0 aliphatic heterocycles. The second kappa shape index (κ2) is 5.92. The van der Waals surface area contributed by atoms with Gasteiger partial charge in [0.25, 0.3) is 0 Å². The maximum atomic E-state index is 8.96. The van der Waals surface area contributed by atoms with Crippen molar-refractivity contribution in [1.29, 1.82) is 0 Å². The maximum absolute atomic E-state index is 8.96. The maximum Gasteiger partial charge on any atom is 0.174 e. The number of rotatable bonds is 4. The summed E-state index contributed by atoms with van der Waals surface area (Å²) in [5, 5.41) is 14.1. The molecule has 0 radical (unpaired) electrons. The van der Waals surface area contributed by atoms with Crippen LogP contribution in [0, 0.1) is 6.92 Å². The predicted molar refractivity (Wildman–Crippen MR) is 82.6 cm³/mol. The van der Waals surface area contributed by atoms with Gasteiger partial charge in [-0.15, -0.1) is 11.3 Å². The van der Waals surface area contributed by atoms with Crippen molar-refractivity contribution in [3.05, 3.63) is 45.8 Å². The molecule has 106 valence electrons. The van der Waals surface area contributed by atoms with E-state index in [1.54, 1.807) is 17.5 Å². The van der Waals surface area contributed by atoms with Gasteiger partial charge in [0.2, 0.25) is 0 Å². The summed E-state index contributed by atoms with van der Waals surface area (Å²) in [6.07, 6.45) is 1.73. The van der Waals surface area contributed by atoms with Gasteiger partial charge in [-0.05, 0) is 36.9 Å². The van der Waals surface area contributed by atoms with Gasteiger partial charge in [0.15, 0.2) is 5.84 Å². The third kappa shape index (κ3) is 2.60. The normalized spacial score (nSPS) is 13.2. The van der Waals surface area contributed by atoms with E-state index in [4.69, 9.17) is 10.9 Å². The van der Waals surface area contributed by atoms with Crippen LogP contribution >= 0.6 is 11.3 Å². The molecule has 6 heteroatoms. The molecule has 0 saturated heterocycles. The monoisotopic (exact) mass is 290 g/mol. The number of nitrogens with zero attached hydrogens (tertiary/aromatic N) is 3. The Bertz CT molecular complexity index is 610. The van der Waals surface area contributed by atoms with Crippen LogP contribution in [-0.2, 0) is 0 Å². The van der Waals surface area contributed by atoms with Gasteiger partial charge in [-0.1, -0.05) is 11.2 Å². The van der Waals surface area contributed by atoms with Crippen molar-refractivity contribution < 1.29 is 5.21 Å². The molecular weight excluding hydrogens is 272 g/mol. The lowest BCUT2D eigenvalue weighted by molar-refractivity contribution is 0.318. The van der Waals surface area contributed by atoms with Crippen molar-refractivity contribution in [1.82, 2.24) is 4.98 Å². The molecule has 0 saturated carbocycles. The highest BCUT2D eigenvalue weighted by Gasteiger charge is 2.20. The van der Waals surface area contributed by atoms with Gasteiger partial charge in [0, 0.05) is 18.1 Å². The van der Waals surface area contributed by atoms with Crippen molar-refractivity contribution >= 4 is 23.0 Å². The van der Waals surface area contributed by atoms with E-state index in [1.807, 2.05) is 36.4 Å². The zero-order valence-electron chi connectivity index (χ0n) is 11.7. The molecule has 0 fully saturated rings. The molecule has 0 bridgehead atoms. The Morgan fingerprint density at radius 1 is 1.50 bits per heavy atom. The van der Waals surface area contributed by atoms with Crippen LogP contribution in [0.5, 0.6) is 0 Å². The minimum absolute atomic E-state index is 0.0795. The molecule has 5 nitrogen and oxygen atoms in total. The van der Waals surface area contributed by atoms with Crippen LogP contribution in [0.25, 0.3) is 0 Å². The van der Waals surface area contributed by atoms with Crippen LogP contribution in [0.2, 0.25) is 0 Å². The van der Waals surface area contributed by atoms with E-state index in [1.165, 1.54) is 4.88 Å². The molecule has 0 aromatic carbocycles. The van der Waals surface area contributed by atoms with Gasteiger partial charge in [-0.3, -0.25) is 0 Å². The molecular formula is C14H18N4OS. The Balaban J connectivity index is 2.45. The summed E-state index contributed by atoms with van der Waals surface area (Å²) in [7, 11) is 1.96. The Hall–Kier alpha value is -2.08. The minimum atomic E-state index is 0.0795. The van der Waals surface area contributed by atoms with E-state index in [-0.39, 0.29) is 11.9 Å². The topological polar surface area (TPSA) is 74.7 Å². The summed E-state index contributed by atoms with van der Waals surface area (Å²) in [5.41, 5.74) is 7.38. The highest BCUT2D eigenvalue weighted by Crippen LogP contribution is 2.29. The Morgan fingerprint density at radius 2 is 2.25 bits per heavy atom. The zero-order valence-corrected chi connectivity index (χ0v) is 12.6. The van der Waals surface area contributed by atoms with Crippen molar-refractivity contribution in [2.45, 2.75) is 19.9 Å². The Kier molecular flexibility index (Phi) is 4.24. The standard InChI is InChI=1S/C14H18N4OS/c1-9-6-7-16-14(12(9)13(15)17-19)18(3)10(2)11-5-4-8-20-11/h4-8,10,19H,1-3H3,(H2,15,17). The first-order valence-electron chi connectivity index (χ1n) is 6.26. The van der Waals surface area contributed by atoms with Crippen LogP contribution in [0.3, 0.4) is 0 Å². The fraction of sp³-hybridized carbons (Fsp3) is 0.286. The third-order valence-electron chi connectivity index (χ3n) is 3.37. The molecule has 2 heterocycles. The number of amidine groups is 1. The van der Waals surface area contributed by atoms with Gasteiger partial charge in [-0.2, -0.15) is 0 Å². The molecule has 0 amide bonds. The number of aryl methyl sites for hydroxylation is 1. The van der Waals surface area contributed by atoms with Crippen molar-refractivity contribution in [2.75, 3.05) is 11.9 Å². The lowest BCUT2D eigenvalue weighted by Gasteiger charge is -2.27. The highest BCUT2D eigenvalue weighted by atomic mass is 32.1. The first-order chi connectivity index (χ1) is 9.56. The van der Waals surface area contributed by atoms with Crippen LogP contribution < -0.4 is 10.6 Å². The molecule has 1 atom stereocenters. The van der Waals surface area contributed by atoms with Crippen molar-refractivity contribution in [2.24, 2.45) is 10.9 Å². The molecule has 20 heavy (non-hydrogen) atoms. The summed E-state index contributed by atoms with van der Waals surface area (Å²) in [6, 6.07) is 6.12. The van der Waals surface area contributed by atoms with E-state index in [0.29, 0.717) is 11.4 Å². The largest absolute Gasteiger partial charge is 0.409 e. The average Bonchev–Trinajstić information content (AvgIpc) is 2.98. The van der Waals surface area contributed by atoms with Gasteiger partial charge < -0.3 is 15.8 Å². The van der Waals surface area contributed by atoms with Crippen molar-refractivity contribution in [3.8, 4) is 0 Å². The molecule has 1 unspecified atom stereocenters. The van der Waals surface area contributed by atoms with E-state index >= 15 is 0 Å². The van der Waals surface area contributed by atoms with Crippen LogP contribution in [0.15, 0.2) is 34.9 Å². The number of nitrogens with two attached hydrogens (primary N) is 1. The predicted octanol–water partition coefficient (Wildman–Crippen LogP) is 2.74. The smallest absolute Gasteiger partial charge is 0.174 e. The molecule has 2 aromatic rings. The second-order valence-electron chi connectivity index (χ2n) is 4.61. The molecule has 2 rings (SSSR count). The van der Waals surface area contributed by atoms with Crippen LogP contribution in [0.4, 0.5) is 5.82 Å². The fourth-order valence-electron chi connectivity index (χ4n) is 2.08. The first kappa shape index (κ1) is 14.3. The second-order valence-corrected chi connectivity index (χ2v) is 5.59. The van der Waals surface area contributed by atoms with Crippen molar-refractivity contribution in [3.63, 3.8) is 0 Å². The number of pyridine rings is 1. The van der Waals surface area contributed by atoms with E-state index in [9.17, 15) is 0 Å². The lowest BCUT2D eigenvalue weighted by Crippen LogP contribution is -2.27. The Morgan fingerprint density at radius 3 is 2.85 bits per heavy atom. The quantitative estimate of drug-likeness (QED) is 0.393. The van der Waals surface area contributed by atoms with Gasteiger partial charge in [0.1, 0.15) is 5.82 Å². The summed E-state index contributed by atoms with van der Waals surface area (Å²) in [4.78, 5) is 7.67. The Labute approximate surface area is 122 Å². The van der Waals surface area contributed by atoms with E-state index in [0.717, 1.165) is 5.56 Å². The summed E-state index contributed by atoms with van der Waals surface area (Å²) < 4.78 is 0. The fourth-order valence-corrected chi connectivity index (χ4v) is 2.91. The third-order valence-corrected chi connectivity index (χ3v) is 4.42. The molecule has 0 spiro atoms. The summed E-state index contributed by atoms with van der Waals surface area (Å²) in [6.45, 7) is 4.02. The summed E-state index contributed by atoms with van der Waals surface area (Å²) >= 11 is 1.70. The van der Waals surface area contributed by atoms with Gasteiger partial charge >= 0.3 is 0 Å². The average molecular weight is 290 g/mol. The SMILES string of the molecule is Cc1ccnc(N(C)C(C)c2cccs2)c1/C(N)=N/O. The number of thiophene rings is 1. The number of oxime groups is 1. The van der Waals surface area contributed by atoms with E-state index < -0.39 is 0 Å². The van der Waals surface area contributed by atoms with Crippen LogP contribution in [0.1, 0.15) is 29.0 Å². The minimum Gasteiger partial charge on any atom is -0.409 e. The molecule has 0 aliphatic carbocycles.